The fraction of sp³-hybridized carbons (Fsp3) is 0.333. The number of likely N-dealkylation sites (tertiary alicyclic amines) is 1. The summed E-state index contributed by atoms with van der Waals surface area (Å²) in [5, 5.41) is 12.4. The maximum Gasteiger partial charge on any atom is 0.130 e. The Morgan fingerprint density at radius 3 is 2.50 bits per heavy atom. The van der Waals surface area contributed by atoms with Crippen LogP contribution < -0.4 is 11.1 Å². The number of nitrogens with two attached hydrogens (primary N) is 1. The molecule has 1 aliphatic rings. The van der Waals surface area contributed by atoms with Gasteiger partial charge in [0.15, 0.2) is 0 Å². The third-order valence-corrected chi connectivity index (χ3v) is 5.98. The van der Waals surface area contributed by atoms with E-state index in [1.54, 1.807) is 7.05 Å². The van der Waals surface area contributed by atoms with Crippen molar-refractivity contribution in [3.8, 4) is 0 Å². The molecule has 1 atom stereocenters. The molecule has 1 fully saturated rings. The Morgan fingerprint density at radius 2 is 1.88 bits per heavy atom. The molecule has 0 bridgehead atoms. The van der Waals surface area contributed by atoms with E-state index in [2.05, 4.69) is 58.2 Å². The zero-order valence-electron chi connectivity index (χ0n) is 19.3. The molecule has 0 amide bonds. The van der Waals surface area contributed by atoms with Crippen molar-refractivity contribution in [2.75, 3.05) is 26.7 Å². The largest absolute Gasteiger partial charge is 0.372 e. The molecule has 0 unspecified atom stereocenters. The summed E-state index contributed by atoms with van der Waals surface area (Å²) in [4.78, 5) is 6.74. The monoisotopic (exact) mass is 429 g/mol. The van der Waals surface area contributed by atoms with Crippen LogP contribution in [0.2, 0.25) is 0 Å². The Labute approximate surface area is 192 Å². The zero-order chi connectivity index (χ0) is 22.9. The molecule has 0 radical (unpaired) electrons. The molecule has 0 aliphatic carbocycles. The third-order valence-electron chi connectivity index (χ3n) is 5.98. The molecule has 0 saturated carbocycles. The maximum absolute atomic E-state index is 8.84. The van der Waals surface area contributed by atoms with E-state index >= 15 is 0 Å². The molecule has 5 nitrogen and oxygen atoms in total. The maximum atomic E-state index is 8.84. The van der Waals surface area contributed by atoms with Crippen molar-refractivity contribution in [3.63, 3.8) is 0 Å². The number of allylic oxidation sites excluding steroid dienone is 1. The van der Waals surface area contributed by atoms with Gasteiger partial charge in [-0.2, -0.15) is 0 Å². The summed E-state index contributed by atoms with van der Waals surface area (Å²) < 4.78 is 0. The molecule has 32 heavy (non-hydrogen) atoms. The van der Waals surface area contributed by atoms with E-state index in [9.17, 15) is 0 Å². The second-order valence-corrected chi connectivity index (χ2v) is 8.21. The van der Waals surface area contributed by atoms with Gasteiger partial charge in [-0.1, -0.05) is 67.3 Å². The van der Waals surface area contributed by atoms with Crippen LogP contribution >= 0.6 is 0 Å². The minimum absolute atomic E-state index is 0.252. The van der Waals surface area contributed by atoms with Crippen molar-refractivity contribution in [3.05, 3.63) is 95.2 Å². The van der Waals surface area contributed by atoms with Crippen molar-refractivity contribution in [2.24, 2.45) is 10.7 Å². The highest BCUT2D eigenvalue weighted by Crippen LogP contribution is 2.17. The lowest BCUT2D eigenvalue weighted by Crippen LogP contribution is -2.48. The van der Waals surface area contributed by atoms with Crippen LogP contribution in [0.1, 0.15) is 36.5 Å². The summed E-state index contributed by atoms with van der Waals surface area (Å²) in [6.45, 7) is 8.37. The summed E-state index contributed by atoms with van der Waals surface area (Å²) in [5.41, 5.74) is 11.5. The summed E-state index contributed by atoms with van der Waals surface area (Å²) in [5.74, 6) is 0.760. The SMILES string of the molecule is C=C(CN)N1CCC[C@@H](NC(=N/C)/C(=C\C)C(=N)c2ccc(Cc3ccccc3)cc2)C1. The van der Waals surface area contributed by atoms with Gasteiger partial charge < -0.3 is 16.0 Å². The summed E-state index contributed by atoms with van der Waals surface area (Å²) >= 11 is 0. The first kappa shape index (κ1) is 23.5. The van der Waals surface area contributed by atoms with E-state index in [0.29, 0.717) is 12.3 Å². The number of nitrogens with zero attached hydrogens (tertiary/aromatic N) is 2. The van der Waals surface area contributed by atoms with Crippen molar-refractivity contribution < 1.29 is 0 Å². The van der Waals surface area contributed by atoms with Crippen LogP contribution in [0.4, 0.5) is 0 Å². The number of rotatable bonds is 8. The van der Waals surface area contributed by atoms with Crippen molar-refractivity contribution in [1.82, 2.24) is 10.2 Å². The predicted octanol–water partition coefficient (Wildman–Crippen LogP) is 4.15. The highest BCUT2D eigenvalue weighted by molar-refractivity contribution is 6.28. The lowest BCUT2D eigenvalue weighted by atomic mass is 9.97. The van der Waals surface area contributed by atoms with E-state index in [-0.39, 0.29) is 6.04 Å². The Morgan fingerprint density at radius 1 is 1.19 bits per heavy atom. The summed E-state index contributed by atoms with van der Waals surface area (Å²) in [7, 11) is 1.78. The van der Waals surface area contributed by atoms with Crippen LogP contribution in [-0.4, -0.2) is 49.2 Å². The Balaban J connectivity index is 1.68. The second-order valence-electron chi connectivity index (χ2n) is 8.21. The molecular weight excluding hydrogens is 394 g/mol. The highest BCUT2D eigenvalue weighted by atomic mass is 15.2. The number of hydrogen-bond acceptors (Lipinski definition) is 4. The lowest BCUT2D eigenvalue weighted by molar-refractivity contribution is 0.247. The smallest absolute Gasteiger partial charge is 0.130 e. The highest BCUT2D eigenvalue weighted by Gasteiger charge is 2.23. The quantitative estimate of drug-likeness (QED) is 0.436. The van der Waals surface area contributed by atoms with Crippen LogP contribution in [0.25, 0.3) is 0 Å². The van der Waals surface area contributed by atoms with Crippen molar-refractivity contribution in [1.29, 1.82) is 5.41 Å². The first-order valence-electron chi connectivity index (χ1n) is 11.3. The fourth-order valence-corrected chi connectivity index (χ4v) is 4.14. The van der Waals surface area contributed by atoms with Gasteiger partial charge in [0, 0.05) is 49.6 Å². The molecule has 0 spiro atoms. The van der Waals surface area contributed by atoms with Gasteiger partial charge in [0.1, 0.15) is 5.84 Å². The first-order valence-corrected chi connectivity index (χ1v) is 11.3. The molecule has 1 saturated heterocycles. The van der Waals surface area contributed by atoms with Crippen LogP contribution in [-0.2, 0) is 6.42 Å². The number of benzene rings is 2. The lowest BCUT2D eigenvalue weighted by Gasteiger charge is -2.36. The van der Waals surface area contributed by atoms with Crippen molar-refractivity contribution >= 4 is 11.5 Å². The van der Waals surface area contributed by atoms with Crippen LogP contribution in [0.15, 0.2) is 83.5 Å². The average Bonchev–Trinajstić information content (AvgIpc) is 2.84. The Kier molecular flexibility index (Phi) is 8.40. The van der Waals surface area contributed by atoms with Crippen LogP contribution in [0, 0.1) is 5.41 Å². The molecule has 1 aliphatic heterocycles. The normalized spacial score (nSPS) is 17.2. The predicted molar refractivity (Wildman–Crippen MR) is 136 cm³/mol. The van der Waals surface area contributed by atoms with Gasteiger partial charge in [-0.3, -0.25) is 10.4 Å². The Hall–Kier alpha value is -3.18. The average molecular weight is 430 g/mol. The zero-order valence-corrected chi connectivity index (χ0v) is 19.3. The second kappa shape index (κ2) is 11.4. The van der Waals surface area contributed by atoms with Gasteiger partial charge in [-0.25, -0.2) is 0 Å². The van der Waals surface area contributed by atoms with Gasteiger partial charge in [0.2, 0.25) is 0 Å². The van der Waals surface area contributed by atoms with Gasteiger partial charge in [-0.05, 0) is 37.3 Å². The summed E-state index contributed by atoms with van der Waals surface area (Å²) in [6.07, 6.45) is 5.00. The topological polar surface area (TPSA) is 77.5 Å². The fourth-order valence-electron chi connectivity index (χ4n) is 4.14. The van der Waals surface area contributed by atoms with E-state index in [0.717, 1.165) is 55.0 Å². The minimum atomic E-state index is 0.252. The first-order chi connectivity index (χ1) is 15.5. The van der Waals surface area contributed by atoms with Gasteiger partial charge >= 0.3 is 0 Å². The van der Waals surface area contributed by atoms with E-state index < -0.39 is 0 Å². The number of nitrogens with one attached hydrogen (secondary N) is 2. The minimum Gasteiger partial charge on any atom is -0.372 e. The molecule has 0 aromatic heterocycles. The molecule has 168 valence electrons. The van der Waals surface area contributed by atoms with Crippen LogP contribution in [0.3, 0.4) is 0 Å². The molecule has 2 aromatic carbocycles. The standard InChI is InChI=1S/C27H35N5/c1-4-25(27(30-3)31-24-11-8-16-32(19-24)20(2)18-28)26(29)23-14-12-22(13-15-23)17-21-9-6-5-7-10-21/h4-7,9-10,12-15,24,29H,2,8,11,16-19,28H2,1,3H3,(H,30,31)/b25-4-,29-26?/t24-/m1/s1. The molecule has 1 heterocycles. The van der Waals surface area contributed by atoms with E-state index in [1.165, 1.54) is 11.1 Å². The van der Waals surface area contributed by atoms with Gasteiger partial charge in [0.25, 0.3) is 0 Å². The molecular formula is C27H35N5. The molecule has 3 rings (SSSR count). The van der Waals surface area contributed by atoms with Gasteiger partial charge in [-0.15, -0.1) is 0 Å². The van der Waals surface area contributed by atoms with E-state index in [1.807, 2.05) is 31.2 Å². The molecule has 5 heteroatoms. The number of piperidine rings is 1. The van der Waals surface area contributed by atoms with Gasteiger partial charge in [0.05, 0.1) is 5.71 Å². The third kappa shape index (κ3) is 5.95. The van der Waals surface area contributed by atoms with Crippen molar-refractivity contribution in [2.45, 2.75) is 32.2 Å². The molecule has 4 N–H and O–H groups in total. The Bertz CT molecular complexity index is 973. The van der Waals surface area contributed by atoms with E-state index in [4.69, 9.17) is 11.1 Å². The number of aliphatic imine (C=N–C) groups is 1. The van der Waals surface area contributed by atoms with Crippen LogP contribution in [0.5, 0.6) is 0 Å². The number of amidine groups is 1. The summed E-state index contributed by atoms with van der Waals surface area (Å²) in [6, 6.07) is 19.0. The number of hydrogen-bond donors (Lipinski definition) is 3. The molecule has 2 aromatic rings.